The first kappa shape index (κ1) is 17.3. The van der Waals surface area contributed by atoms with E-state index in [1.165, 1.54) is 12.8 Å². The van der Waals surface area contributed by atoms with Gasteiger partial charge in [0.25, 0.3) is 0 Å². The molecule has 0 N–H and O–H groups in total. The molecule has 24 heavy (non-hydrogen) atoms. The average molecular weight is 353 g/mol. The molecule has 1 aliphatic heterocycles. The average Bonchev–Trinajstić information content (AvgIpc) is 3.19. The van der Waals surface area contributed by atoms with Crippen molar-refractivity contribution in [2.75, 3.05) is 24.5 Å². The lowest BCUT2D eigenvalue weighted by molar-refractivity contribution is 0.0167. The van der Waals surface area contributed by atoms with Crippen LogP contribution in [0.15, 0.2) is 12.1 Å². The van der Waals surface area contributed by atoms with Crippen LogP contribution in [-0.4, -0.2) is 52.5 Å². The molecular formula is C17H25ClN4O2. The van der Waals surface area contributed by atoms with E-state index in [9.17, 15) is 4.79 Å². The van der Waals surface area contributed by atoms with Gasteiger partial charge in [0.15, 0.2) is 11.0 Å². The summed E-state index contributed by atoms with van der Waals surface area (Å²) in [7, 11) is 0. The Labute approximate surface area is 148 Å². The highest BCUT2D eigenvalue weighted by Gasteiger charge is 2.37. The normalized spacial score (nSPS) is 21.0. The number of nitrogens with zero attached hydrogens (tertiary/aromatic N) is 4. The van der Waals surface area contributed by atoms with E-state index in [1.807, 2.05) is 31.7 Å². The van der Waals surface area contributed by atoms with Crippen LogP contribution < -0.4 is 4.90 Å². The van der Waals surface area contributed by atoms with Crippen LogP contribution in [0.4, 0.5) is 10.6 Å². The van der Waals surface area contributed by atoms with Crippen LogP contribution in [0.3, 0.4) is 0 Å². The maximum Gasteiger partial charge on any atom is 0.410 e. The molecule has 2 fully saturated rings. The van der Waals surface area contributed by atoms with Gasteiger partial charge in [0.05, 0.1) is 6.04 Å². The molecule has 7 heteroatoms. The van der Waals surface area contributed by atoms with Crippen molar-refractivity contribution < 1.29 is 9.53 Å². The standard InChI is InChI=1S/C17H25ClN4O2/c1-17(2,3)24-16(23)22(10-12-4-5-12)13-8-9-21(11-13)15-7-6-14(18)19-20-15/h6-7,12-13H,4-5,8-11H2,1-3H3/t13-/m0/s1. The molecule has 0 bridgehead atoms. The smallest absolute Gasteiger partial charge is 0.410 e. The fourth-order valence-electron chi connectivity index (χ4n) is 2.95. The summed E-state index contributed by atoms with van der Waals surface area (Å²) in [5.74, 6) is 1.43. The molecule has 1 aromatic rings. The summed E-state index contributed by atoms with van der Waals surface area (Å²) in [6.07, 6.45) is 3.12. The lowest BCUT2D eigenvalue weighted by Crippen LogP contribution is -2.45. The maximum absolute atomic E-state index is 12.6. The summed E-state index contributed by atoms with van der Waals surface area (Å²) < 4.78 is 5.62. The molecule has 1 aromatic heterocycles. The van der Waals surface area contributed by atoms with Gasteiger partial charge in [-0.1, -0.05) is 11.6 Å². The Morgan fingerprint density at radius 2 is 2.08 bits per heavy atom. The molecule has 0 spiro atoms. The first-order valence-electron chi connectivity index (χ1n) is 8.55. The predicted octanol–water partition coefficient (Wildman–Crippen LogP) is 3.36. The molecule has 1 atom stereocenters. The highest BCUT2D eigenvalue weighted by Crippen LogP contribution is 2.32. The molecule has 0 unspecified atom stereocenters. The maximum atomic E-state index is 12.6. The fourth-order valence-corrected chi connectivity index (χ4v) is 3.05. The summed E-state index contributed by atoms with van der Waals surface area (Å²) in [6.45, 7) is 8.12. The second kappa shape index (κ2) is 6.75. The molecule has 1 saturated heterocycles. The Hall–Kier alpha value is -1.56. The quantitative estimate of drug-likeness (QED) is 0.831. The third-order valence-electron chi connectivity index (χ3n) is 4.33. The zero-order valence-corrected chi connectivity index (χ0v) is 15.3. The van der Waals surface area contributed by atoms with Gasteiger partial charge in [0.2, 0.25) is 0 Å². The number of amides is 1. The summed E-state index contributed by atoms with van der Waals surface area (Å²) in [5, 5.41) is 8.43. The molecule has 1 aliphatic carbocycles. The van der Waals surface area contributed by atoms with Gasteiger partial charge in [0, 0.05) is 19.6 Å². The fraction of sp³-hybridized carbons (Fsp3) is 0.706. The number of carbonyl (C=O) groups excluding carboxylic acids is 1. The van der Waals surface area contributed by atoms with E-state index in [1.54, 1.807) is 6.07 Å². The van der Waals surface area contributed by atoms with E-state index in [2.05, 4.69) is 15.1 Å². The SMILES string of the molecule is CC(C)(C)OC(=O)N(CC1CC1)[C@H]1CCN(c2ccc(Cl)nn2)C1. The van der Waals surface area contributed by atoms with Crippen molar-refractivity contribution in [3.63, 3.8) is 0 Å². The minimum absolute atomic E-state index is 0.151. The third kappa shape index (κ3) is 4.50. The second-order valence-electron chi connectivity index (χ2n) is 7.68. The van der Waals surface area contributed by atoms with Crippen LogP contribution in [0.25, 0.3) is 0 Å². The molecule has 1 amide bonds. The van der Waals surface area contributed by atoms with Crippen molar-refractivity contribution in [1.29, 1.82) is 0 Å². The zero-order chi connectivity index (χ0) is 17.3. The Morgan fingerprint density at radius 1 is 1.33 bits per heavy atom. The van der Waals surface area contributed by atoms with Crippen molar-refractivity contribution in [2.45, 2.75) is 51.7 Å². The second-order valence-corrected chi connectivity index (χ2v) is 8.07. The van der Waals surface area contributed by atoms with E-state index in [-0.39, 0.29) is 12.1 Å². The molecule has 1 saturated carbocycles. The van der Waals surface area contributed by atoms with E-state index >= 15 is 0 Å². The van der Waals surface area contributed by atoms with Gasteiger partial charge in [-0.15, -0.1) is 10.2 Å². The van der Waals surface area contributed by atoms with Gasteiger partial charge in [-0.2, -0.15) is 0 Å². The number of aromatic nitrogens is 2. The number of carbonyl (C=O) groups is 1. The van der Waals surface area contributed by atoms with Crippen LogP contribution in [0.1, 0.15) is 40.0 Å². The number of hydrogen-bond donors (Lipinski definition) is 0. The van der Waals surface area contributed by atoms with E-state index in [0.29, 0.717) is 11.1 Å². The lowest BCUT2D eigenvalue weighted by Gasteiger charge is -2.31. The molecule has 6 nitrogen and oxygen atoms in total. The third-order valence-corrected chi connectivity index (χ3v) is 4.53. The molecule has 3 rings (SSSR count). The van der Waals surface area contributed by atoms with Crippen LogP contribution in [-0.2, 0) is 4.74 Å². The van der Waals surface area contributed by atoms with Crippen molar-refractivity contribution >= 4 is 23.5 Å². The van der Waals surface area contributed by atoms with Gasteiger partial charge in [0.1, 0.15) is 5.60 Å². The minimum atomic E-state index is -0.473. The van der Waals surface area contributed by atoms with E-state index < -0.39 is 5.60 Å². The van der Waals surface area contributed by atoms with Crippen LogP contribution in [0.2, 0.25) is 5.15 Å². The molecule has 2 heterocycles. The van der Waals surface area contributed by atoms with Gasteiger partial charge in [-0.3, -0.25) is 0 Å². The Kier molecular flexibility index (Phi) is 4.85. The molecule has 2 aliphatic rings. The monoisotopic (exact) mass is 352 g/mol. The number of halogens is 1. The highest BCUT2D eigenvalue weighted by atomic mass is 35.5. The minimum Gasteiger partial charge on any atom is -0.444 e. The van der Waals surface area contributed by atoms with Crippen molar-refractivity contribution in [1.82, 2.24) is 15.1 Å². The molecule has 0 radical (unpaired) electrons. The van der Waals surface area contributed by atoms with Crippen LogP contribution >= 0.6 is 11.6 Å². The first-order chi connectivity index (χ1) is 11.3. The van der Waals surface area contributed by atoms with Gasteiger partial charge in [-0.05, 0) is 58.1 Å². The van der Waals surface area contributed by atoms with Crippen molar-refractivity contribution in [3.8, 4) is 0 Å². The Balaban J connectivity index is 1.67. The van der Waals surface area contributed by atoms with Crippen molar-refractivity contribution in [3.05, 3.63) is 17.3 Å². The Morgan fingerprint density at radius 3 is 2.67 bits per heavy atom. The molecule has 132 valence electrons. The predicted molar refractivity (Wildman–Crippen MR) is 93.3 cm³/mol. The zero-order valence-electron chi connectivity index (χ0n) is 14.5. The van der Waals surface area contributed by atoms with Gasteiger partial charge < -0.3 is 14.5 Å². The topological polar surface area (TPSA) is 58.6 Å². The van der Waals surface area contributed by atoms with Crippen molar-refractivity contribution in [2.24, 2.45) is 5.92 Å². The summed E-state index contributed by atoms with van der Waals surface area (Å²) in [6, 6.07) is 3.77. The van der Waals surface area contributed by atoms with Gasteiger partial charge >= 0.3 is 6.09 Å². The summed E-state index contributed by atoms with van der Waals surface area (Å²) >= 11 is 5.80. The van der Waals surface area contributed by atoms with Crippen LogP contribution in [0.5, 0.6) is 0 Å². The summed E-state index contributed by atoms with van der Waals surface area (Å²) in [5.41, 5.74) is -0.473. The molecule has 0 aromatic carbocycles. The number of ether oxygens (including phenoxy) is 1. The number of rotatable bonds is 4. The number of hydrogen-bond acceptors (Lipinski definition) is 5. The van der Waals surface area contributed by atoms with E-state index in [4.69, 9.17) is 16.3 Å². The lowest BCUT2D eigenvalue weighted by atomic mass is 10.2. The largest absolute Gasteiger partial charge is 0.444 e. The Bertz CT molecular complexity index is 583. The molecular weight excluding hydrogens is 328 g/mol. The summed E-state index contributed by atoms with van der Waals surface area (Å²) in [4.78, 5) is 16.7. The van der Waals surface area contributed by atoms with Crippen LogP contribution in [0, 0.1) is 5.92 Å². The first-order valence-corrected chi connectivity index (χ1v) is 8.93. The van der Waals surface area contributed by atoms with E-state index in [0.717, 1.165) is 31.9 Å². The van der Waals surface area contributed by atoms with Gasteiger partial charge in [-0.25, -0.2) is 4.79 Å². The highest BCUT2D eigenvalue weighted by molar-refractivity contribution is 6.29. The number of anilines is 1.